The highest BCUT2D eigenvalue weighted by Crippen LogP contribution is 2.78. The van der Waals surface area contributed by atoms with Crippen molar-refractivity contribution >= 4 is 18.2 Å². The first kappa shape index (κ1) is 49.5. The number of hydrogen-bond donors (Lipinski definition) is 0. The molecule has 0 aliphatic carbocycles. The Hall–Kier alpha value is -6.52. The van der Waals surface area contributed by atoms with Crippen LogP contribution in [0.3, 0.4) is 0 Å². The summed E-state index contributed by atoms with van der Waals surface area (Å²) < 4.78 is 34.4. The fraction of sp³-hybridized carbons (Fsp3) is 0.182. The monoisotopic (exact) mass is 966 g/mol. The van der Waals surface area contributed by atoms with Crippen LogP contribution >= 0.6 is 18.2 Å². The highest BCUT2D eigenvalue weighted by Gasteiger charge is 2.59. The van der Waals surface area contributed by atoms with E-state index >= 15 is 4.57 Å². The minimum Gasteiger partial charge on any atom is -0.284 e. The second-order valence-corrected chi connectivity index (χ2v) is 22.2. The summed E-state index contributed by atoms with van der Waals surface area (Å²) in [6.07, 6.45) is 2.04. The first-order valence-corrected chi connectivity index (χ1v) is 28.1. The van der Waals surface area contributed by atoms with Crippen molar-refractivity contribution in [1.82, 2.24) is 0 Å². The van der Waals surface area contributed by atoms with Crippen LogP contribution in [0, 0.1) is 0 Å². The minimum absolute atomic E-state index is 0.211. The molecule has 0 aliphatic rings. The molecule has 3 atom stereocenters. The van der Waals surface area contributed by atoms with Gasteiger partial charge in [0.25, 0.3) is 0 Å². The van der Waals surface area contributed by atoms with Crippen LogP contribution < -0.4 is 0 Å². The van der Waals surface area contributed by atoms with E-state index in [4.69, 9.17) is 9.05 Å². The van der Waals surface area contributed by atoms with Crippen molar-refractivity contribution in [2.45, 2.75) is 73.7 Å². The molecule has 9 aromatic carbocycles. The minimum atomic E-state index is -4.72. The lowest BCUT2D eigenvalue weighted by Crippen LogP contribution is -2.41. The molecule has 9 rings (SSSR count). The maximum atomic E-state index is 18.8. The molecule has 0 aromatic heterocycles. The Morgan fingerprint density at radius 3 is 0.775 bits per heavy atom. The van der Waals surface area contributed by atoms with E-state index in [0.29, 0.717) is 12.8 Å². The fourth-order valence-corrected chi connectivity index (χ4v) is 17.0. The first-order chi connectivity index (χ1) is 34.9. The molecule has 356 valence electrons. The van der Waals surface area contributed by atoms with Gasteiger partial charge in [-0.25, -0.2) is 4.57 Å². The van der Waals surface area contributed by atoms with E-state index in [1.807, 2.05) is 24.3 Å². The topological polar surface area (TPSA) is 35.5 Å². The summed E-state index contributed by atoms with van der Waals surface area (Å²) in [5, 5.41) is 0. The van der Waals surface area contributed by atoms with Crippen molar-refractivity contribution in [2.75, 3.05) is 0 Å². The Morgan fingerprint density at radius 2 is 0.535 bits per heavy atom. The van der Waals surface area contributed by atoms with E-state index in [1.54, 1.807) is 0 Å². The smallest absolute Gasteiger partial charge is 0.284 e. The molecular formula is C66H63O3PS. The molecule has 0 heterocycles. The van der Waals surface area contributed by atoms with Crippen LogP contribution in [0.2, 0.25) is 0 Å². The molecule has 0 amide bonds. The standard InChI is InChI=1S/C66H63O3PS/c1-4-61(52-34-16-7-17-35-52)64(55-40-22-10-23-41-55,56-42-24-11-25-43-56)68-70(67,69-65(57-44-26-12-27-45-57,58-46-28-13-29-47-58)62(5-2)53-36-18-8-19-37-53)71-66(59-48-30-14-31-49-59,60-50-32-15-33-51-60)63(6-3)54-38-20-9-21-39-54/h7-51,61-63H,4-6H2,1-3H3. The Bertz CT molecular complexity index is 2580. The van der Waals surface area contributed by atoms with E-state index in [0.717, 1.165) is 56.5 Å². The molecule has 0 radical (unpaired) electrons. The Kier molecular flexibility index (Phi) is 15.8. The molecule has 3 nitrogen and oxygen atoms in total. The first-order valence-electron chi connectivity index (χ1n) is 25.1. The molecule has 0 saturated heterocycles. The summed E-state index contributed by atoms with van der Waals surface area (Å²) in [5.41, 5.74) is 6.07. The van der Waals surface area contributed by atoms with E-state index < -0.39 is 22.7 Å². The van der Waals surface area contributed by atoms with Crippen molar-refractivity contribution in [2.24, 2.45) is 0 Å². The largest absolute Gasteiger partial charge is 0.392 e. The zero-order valence-corrected chi connectivity index (χ0v) is 42.6. The molecular weight excluding hydrogens is 904 g/mol. The average molecular weight is 967 g/mol. The lowest BCUT2D eigenvalue weighted by molar-refractivity contribution is 0.0125. The zero-order chi connectivity index (χ0) is 49.0. The summed E-state index contributed by atoms with van der Waals surface area (Å²) in [6.45, 7) is 1.94. The highest BCUT2D eigenvalue weighted by atomic mass is 32.7. The summed E-state index contributed by atoms with van der Waals surface area (Å²) >= 11 is 1.36. The highest BCUT2D eigenvalue weighted by molar-refractivity contribution is 8.55. The zero-order valence-electron chi connectivity index (χ0n) is 40.9. The predicted molar refractivity (Wildman–Crippen MR) is 297 cm³/mol. The number of benzene rings is 9. The summed E-state index contributed by atoms with van der Waals surface area (Å²) in [6, 6.07) is 94.9. The average Bonchev–Trinajstić information content (AvgIpc) is 3.45. The molecule has 0 bridgehead atoms. The Labute approximate surface area is 426 Å². The lowest BCUT2D eigenvalue weighted by atomic mass is 9.72. The van der Waals surface area contributed by atoms with Gasteiger partial charge in [0, 0.05) is 17.8 Å². The van der Waals surface area contributed by atoms with Gasteiger partial charge in [-0.1, -0.05) is 294 Å². The van der Waals surface area contributed by atoms with Gasteiger partial charge < -0.3 is 0 Å². The van der Waals surface area contributed by atoms with Crippen LogP contribution in [0.15, 0.2) is 273 Å². The van der Waals surface area contributed by atoms with Crippen molar-refractivity contribution in [1.29, 1.82) is 0 Å². The van der Waals surface area contributed by atoms with Crippen LogP contribution in [-0.2, 0) is 29.6 Å². The normalized spacial score (nSPS) is 14.2. The Morgan fingerprint density at radius 1 is 0.324 bits per heavy atom. The maximum absolute atomic E-state index is 18.8. The summed E-state index contributed by atoms with van der Waals surface area (Å²) in [5.74, 6) is -0.871. The molecule has 0 saturated carbocycles. The van der Waals surface area contributed by atoms with Crippen LogP contribution in [0.1, 0.15) is 108 Å². The fourth-order valence-electron chi connectivity index (χ4n) is 11.2. The van der Waals surface area contributed by atoms with Gasteiger partial charge in [0.2, 0.25) is 0 Å². The second-order valence-electron chi connectivity index (χ2n) is 18.2. The molecule has 9 aromatic rings. The summed E-state index contributed by atoms with van der Waals surface area (Å²) in [4.78, 5) is 0. The predicted octanol–water partition coefficient (Wildman–Crippen LogP) is 18.3. The quantitative estimate of drug-likeness (QED) is 0.0672. The molecule has 0 N–H and O–H groups in total. The number of hydrogen-bond acceptors (Lipinski definition) is 4. The van der Waals surface area contributed by atoms with Crippen molar-refractivity contribution < 1.29 is 13.6 Å². The van der Waals surface area contributed by atoms with E-state index in [-0.39, 0.29) is 17.8 Å². The molecule has 3 unspecified atom stereocenters. The third-order valence-electron chi connectivity index (χ3n) is 14.3. The SMILES string of the molecule is CCC(c1ccccc1)C(OP(=O)(OC(c1ccccc1)(c1ccccc1)C(CC)c1ccccc1)SC(c1ccccc1)(c1ccccc1)C(CC)c1ccccc1)(c1ccccc1)c1ccccc1. The van der Waals surface area contributed by atoms with Gasteiger partial charge in [0.1, 0.15) is 11.2 Å². The maximum Gasteiger partial charge on any atom is 0.392 e. The summed E-state index contributed by atoms with van der Waals surface area (Å²) in [7, 11) is 0. The van der Waals surface area contributed by atoms with Gasteiger partial charge in [0.05, 0.1) is 4.75 Å². The van der Waals surface area contributed by atoms with E-state index in [1.165, 1.54) is 11.4 Å². The van der Waals surface area contributed by atoms with Gasteiger partial charge >= 0.3 is 6.80 Å². The Balaban J connectivity index is 1.45. The van der Waals surface area contributed by atoms with E-state index in [2.05, 4.69) is 269 Å². The van der Waals surface area contributed by atoms with Gasteiger partial charge in [-0.15, -0.1) is 0 Å². The van der Waals surface area contributed by atoms with Crippen molar-refractivity contribution in [3.05, 3.63) is 323 Å². The molecule has 71 heavy (non-hydrogen) atoms. The van der Waals surface area contributed by atoms with Crippen LogP contribution in [0.5, 0.6) is 0 Å². The van der Waals surface area contributed by atoms with Crippen LogP contribution in [0.4, 0.5) is 0 Å². The van der Waals surface area contributed by atoms with Gasteiger partial charge in [-0.2, -0.15) is 0 Å². The van der Waals surface area contributed by atoms with Crippen molar-refractivity contribution in [3.63, 3.8) is 0 Å². The molecule has 0 spiro atoms. The third kappa shape index (κ3) is 9.93. The van der Waals surface area contributed by atoms with E-state index in [9.17, 15) is 0 Å². The van der Waals surface area contributed by atoms with Crippen LogP contribution in [0.25, 0.3) is 0 Å². The molecule has 0 aliphatic heterocycles. The number of rotatable bonds is 21. The molecule has 0 fully saturated rings. The van der Waals surface area contributed by atoms with Gasteiger partial charge in [-0.3, -0.25) is 9.05 Å². The molecule has 5 heteroatoms. The van der Waals surface area contributed by atoms with Crippen molar-refractivity contribution in [3.8, 4) is 0 Å². The second kappa shape index (κ2) is 22.7. The lowest BCUT2D eigenvalue weighted by Gasteiger charge is -2.50. The van der Waals surface area contributed by atoms with Gasteiger partial charge in [-0.05, 0) is 80.7 Å². The third-order valence-corrected chi connectivity index (χ3v) is 18.6. The van der Waals surface area contributed by atoms with Gasteiger partial charge in [0.15, 0.2) is 0 Å². The van der Waals surface area contributed by atoms with Crippen LogP contribution in [-0.4, -0.2) is 0 Å².